The number of ether oxygens (including phenoxy) is 1. The van der Waals surface area contributed by atoms with Crippen molar-refractivity contribution >= 4 is 28.9 Å². The number of pyridine rings is 1. The summed E-state index contributed by atoms with van der Waals surface area (Å²) in [4.78, 5) is 18.0. The molecule has 0 aliphatic carbocycles. The van der Waals surface area contributed by atoms with Crippen LogP contribution in [0, 0.1) is 6.92 Å². The van der Waals surface area contributed by atoms with Crippen molar-refractivity contribution in [1.82, 2.24) is 10.3 Å². The van der Waals surface area contributed by atoms with Gasteiger partial charge >= 0.3 is 0 Å². The number of rotatable bonds is 7. The molecule has 0 radical (unpaired) electrons. The Balaban J connectivity index is 2.77. The summed E-state index contributed by atoms with van der Waals surface area (Å²) in [5.74, 6) is 0.501. The molecule has 7 heteroatoms. The molecule has 0 unspecified atom stereocenters. The summed E-state index contributed by atoms with van der Waals surface area (Å²) in [7, 11) is 3.36. The molecule has 1 aromatic rings. The third kappa shape index (κ3) is 4.43. The van der Waals surface area contributed by atoms with Gasteiger partial charge in [0.1, 0.15) is 10.8 Å². The van der Waals surface area contributed by atoms with Crippen LogP contribution in [0.2, 0.25) is 0 Å². The first kappa shape index (κ1) is 16.3. The first-order valence-corrected chi connectivity index (χ1v) is 6.60. The lowest BCUT2D eigenvalue weighted by Gasteiger charge is -2.21. The molecule has 6 nitrogen and oxygen atoms in total. The third-order valence-electron chi connectivity index (χ3n) is 2.76. The van der Waals surface area contributed by atoms with E-state index in [4.69, 9.17) is 22.7 Å². The van der Waals surface area contributed by atoms with Crippen LogP contribution in [0.3, 0.4) is 0 Å². The van der Waals surface area contributed by atoms with Crippen LogP contribution >= 0.6 is 12.2 Å². The molecule has 0 saturated carbocycles. The van der Waals surface area contributed by atoms with Crippen LogP contribution in [-0.4, -0.2) is 49.7 Å². The predicted molar refractivity (Wildman–Crippen MR) is 83.0 cm³/mol. The van der Waals surface area contributed by atoms with E-state index in [2.05, 4.69) is 10.3 Å². The van der Waals surface area contributed by atoms with Crippen molar-refractivity contribution in [3.05, 3.63) is 23.4 Å². The summed E-state index contributed by atoms with van der Waals surface area (Å²) in [6.07, 6.45) is 1.67. The van der Waals surface area contributed by atoms with Crippen LogP contribution in [0.15, 0.2) is 12.3 Å². The van der Waals surface area contributed by atoms with E-state index >= 15 is 0 Å². The molecule has 1 amide bonds. The minimum atomic E-state index is -0.109. The number of nitrogens with two attached hydrogens (primary N) is 1. The number of nitrogens with zero attached hydrogens (tertiary/aromatic N) is 2. The maximum absolute atomic E-state index is 11.8. The van der Waals surface area contributed by atoms with E-state index in [0.29, 0.717) is 24.5 Å². The summed E-state index contributed by atoms with van der Waals surface area (Å²) in [5.41, 5.74) is 7.37. The van der Waals surface area contributed by atoms with E-state index in [1.165, 1.54) is 0 Å². The van der Waals surface area contributed by atoms with E-state index in [0.717, 1.165) is 5.56 Å². The van der Waals surface area contributed by atoms with E-state index in [1.54, 1.807) is 25.3 Å². The largest absolute Gasteiger partial charge is 0.389 e. The Bertz CT molecular complexity index is 493. The van der Waals surface area contributed by atoms with Crippen molar-refractivity contribution in [2.45, 2.75) is 6.92 Å². The number of nitrogens with one attached hydrogen (secondary N) is 1. The highest BCUT2D eigenvalue weighted by atomic mass is 32.1. The number of carbonyl (C=O) groups is 1. The second-order valence-electron chi connectivity index (χ2n) is 4.39. The Labute approximate surface area is 124 Å². The first-order chi connectivity index (χ1) is 9.47. The number of hydrogen-bond acceptors (Lipinski definition) is 5. The first-order valence-electron chi connectivity index (χ1n) is 6.19. The molecule has 110 valence electrons. The van der Waals surface area contributed by atoms with Gasteiger partial charge in [0.05, 0.1) is 18.7 Å². The number of anilines is 1. The quantitative estimate of drug-likeness (QED) is 0.553. The molecule has 0 atom stereocenters. The molecule has 0 aliphatic rings. The second kappa shape index (κ2) is 7.76. The Morgan fingerprint density at radius 2 is 2.30 bits per heavy atom. The summed E-state index contributed by atoms with van der Waals surface area (Å²) in [6, 6.07) is 1.84. The van der Waals surface area contributed by atoms with Crippen LogP contribution in [0.4, 0.5) is 5.82 Å². The average molecular weight is 296 g/mol. The van der Waals surface area contributed by atoms with Gasteiger partial charge in [0.2, 0.25) is 5.91 Å². The Morgan fingerprint density at radius 1 is 1.60 bits per heavy atom. The SMILES string of the molecule is COCCNC(=O)CN(C)c1nccc(C)c1C(N)=S. The number of aromatic nitrogens is 1. The number of thiocarbonyl (C=S) groups is 1. The predicted octanol–water partition coefficient (Wildman–Crippen LogP) is 0.223. The van der Waals surface area contributed by atoms with Crippen LogP contribution in [-0.2, 0) is 9.53 Å². The maximum Gasteiger partial charge on any atom is 0.239 e. The van der Waals surface area contributed by atoms with Gasteiger partial charge in [-0.1, -0.05) is 12.2 Å². The summed E-state index contributed by atoms with van der Waals surface area (Å²) >= 11 is 5.05. The molecule has 0 aromatic carbocycles. The van der Waals surface area contributed by atoms with E-state index in [-0.39, 0.29) is 17.4 Å². The maximum atomic E-state index is 11.8. The van der Waals surface area contributed by atoms with Gasteiger partial charge in [-0.05, 0) is 18.6 Å². The molecule has 0 fully saturated rings. The van der Waals surface area contributed by atoms with Crippen molar-refractivity contribution in [3.8, 4) is 0 Å². The van der Waals surface area contributed by atoms with Gasteiger partial charge in [-0.2, -0.15) is 0 Å². The fourth-order valence-electron chi connectivity index (χ4n) is 1.78. The Hall–Kier alpha value is -1.73. The molecule has 0 aliphatic heterocycles. The van der Waals surface area contributed by atoms with Crippen LogP contribution in [0.25, 0.3) is 0 Å². The molecule has 1 rings (SSSR count). The fraction of sp³-hybridized carbons (Fsp3) is 0.462. The molecule has 0 bridgehead atoms. The van der Waals surface area contributed by atoms with Crippen molar-refractivity contribution in [2.75, 3.05) is 38.8 Å². The lowest BCUT2D eigenvalue weighted by Crippen LogP contribution is -2.37. The van der Waals surface area contributed by atoms with Crippen LogP contribution in [0.1, 0.15) is 11.1 Å². The lowest BCUT2D eigenvalue weighted by molar-refractivity contribution is -0.119. The zero-order valence-corrected chi connectivity index (χ0v) is 12.8. The van der Waals surface area contributed by atoms with Gasteiger partial charge in [-0.15, -0.1) is 0 Å². The van der Waals surface area contributed by atoms with Crippen molar-refractivity contribution in [2.24, 2.45) is 5.73 Å². The monoisotopic (exact) mass is 296 g/mol. The van der Waals surface area contributed by atoms with Gasteiger partial charge < -0.3 is 20.7 Å². The van der Waals surface area contributed by atoms with E-state index in [9.17, 15) is 4.79 Å². The summed E-state index contributed by atoms with van der Waals surface area (Å²) in [5, 5.41) is 2.75. The average Bonchev–Trinajstić information content (AvgIpc) is 2.38. The molecule has 3 N–H and O–H groups in total. The van der Waals surface area contributed by atoms with Crippen LogP contribution in [0.5, 0.6) is 0 Å². The van der Waals surface area contributed by atoms with Gasteiger partial charge in [0.25, 0.3) is 0 Å². The number of carbonyl (C=O) groups excluding carboxylic acids is 1. The highest BCUT2D eigenvalue weighted by molar-refractivity contribution is 7.80. The van der Waals surface area contributed by atoms with Gasteiger partial charge in [0.15, 0.2) is 0 Å². The van der Waals surface area contributed by atoms with E-state index in [1.807, 2.05) is 13.0 Å². The molecule has 1 heterocycles. The molecule has 0 spiro atoms. The van der Waals surface area contributed by atoms with E-state index < -0.39 is 0 Å². The van der Waals surface area contributed by atoms with Crippen molar-refractivity contribution in [1.29, 1.82) is 0 Å². The molecule has 0 saturated heterocycles. The van der Waals surface area contributed by atoms with Gasteiger partial charge in [-0.25, -0.2) is 4.98 Å². The zero-order valence-electron chi connectivity index (χ0n) is 12.0. The van der Waals surface area contributed by atoms with Gasteiger partial charge in [0, 0.05) is 26.9 Å². The highest BCUT2D eigenvalue weighted by Crippen LogP contribution is 2.19. The lowest BCUT2D eigenvalue weighted by atomic mass is 10.1. The summed E-state index contributed by atoms with van der Waals surface area (Å²) < 4.78 is 4.87. The van der Waals surface area contributed by atoms with Crippen molar-refractivity contribution in [3.63, 3.8) is 0 Å². The Kier molecular flexibility index (Phi) is 6.33. The van der Waals surface area contributed by atoms with Crippen LogP contribution < -0.4 is 16.0 Å². The third-order valence-corrected chi connectivity index (χ3v) is 2.96. The number of likely N-dealkylation sites (N-methyl/N-ethyl adjacent to an activating group) is 1. The van der Waals surface area contributed by atoms with Gasteiger partial charge in [-0.3, -0.25) is 4.79 Å². The van der Waals surface area contributed by atoms with Crippen molar-refractivity contribution < 1.29 is 9.53 Å². The molecule has 1 aromatic heterocycles. The number of aryl methyl sites for hydroxylation is 1. The normalized spacial score (nSPS) is 10.2. The fourth-order valence-corrected chi connectivity index (χ4v) is 2.03. The smallest absolute Gasteiger partial charge is 0.239 e. The number of methoxy groups -OCH3 is 1. The molecular weight excluding hydrogens is 276 g/mol. The molecular formula is C13H20N4O2S. The topological polar surface area (TPSA) is 80.5 Å². The summed E-state index contributed by atoms with van der Waals surface area (Å²) in [6.45, 7) is 3.05. The number of hydrogen-bond donors (Lipinski definition) is 2. The molecule has 20 heavy (non-hydrogen) atoms. The highest BCUT2D eigenvalue weighted by Gasteiger charge is 2.15. The minimum absolute atomic E-state index is 0.109. The second-order valence-corrected chi connectivity index (χ2v) is 4.83. The zero-order chi connectivity index (χ0) is 15.1. The minimum Gasteiger partial charge on any atom is -0.389 e. The number of amides is 1. The Morgan fingerprint density at radius 3 is 2.90 bits per heavy atom. The standard InChI is InChI=1S/C13H20N4O2S/c1-9-4-5-16-13(11(9)12(14)20)17(2)8-10(18)15-6-7-19-3/h4-5H,6-8H2,1-3H3,(H2,14,20)(H,15,18).